The molecule has 0 radical (unpaired) electrons. The molecule has 5 heteroatoms. The molecule has 0 rings (SSSR count). The number of ether oxygens (including phenoxy) is 2. The third-order valence-electron chi connectivity index (χ3n) is 4.53. The zero-order valence-corrected chi connectivity index (χ0v) is 17.1. The molecule has 0 bridgehead atoms. The lowest BCUT2D eigenvalue weighted by molar-refractivity contribution is -0.139. The molecule has 0 spiro atoms. The second kappa shape index (κ2) is 14.0. The van der Waals surface area contributed by atoms with Crippen LogP contribution in [0.25, 0.3) is 0 Å². The lowest BCUT2D eigenvalue weighted by Crippen LogP contribution is -2.41. The molecule has 0 aliphatic carbocycles. The monoisotopic (exact) mass is 350 g/mol. The third-order valence-corrected chi connectivity index (χ3v) is 4.53. The first-order chi connectivity index (χ1) is 11.0. The van der Waals surface area contributed by atoms with Crippen LogP contribution in [0, 0.1) is 11.8 Å². The van der Waals surface area contributed by atoms with Crippen LogP contribution in [0.15, 0.2) is 0 Å². The Hall–Kier alpha value is -0.200. The van der Waals surface area contributed by atoms with Crippen LogP contribution in [-0.4, -0.2) is 59.1 Å². The van der Waals surface area contributed by atoms with Crippen molar-refractivity contribution in [2.24, 2.45) is 11.8 Å². The van der Waals surface area contributed by atoms with Crippen molar-refractivity contribution >= 4 is 0 Å². The molecule has 4 unspecified atom stereocenters. The fourth-order valence-electron chi connectivity index (χ4n) is 1.36. The zero-order chi connectivity index (χ0) is 19.3. The van der Waals surface area contributed by atoms with Gasteiger partial charge in [0, 0.05) is 0 Å². The molecule has 0 aromatic rings. The second-order valence-corrected chi connectivity index (χ2v) is 7.42. The minimum absolute atomic E-state index is 0.0296. The van der Waals surface area contributed by atoms with Crippen LogP contribution in [0.2, 0.25) is 0 Å². The summed E-state index contributed by atoms with van der Waals surface area (Å²) >= 11 is 0. The smallest absolute Gasteiger partial charge is 0.0884 e. The predicted molar refractivity (Wildman–Crippen MR) is 99.1 cm³/mol. The van der Waals surface area contributed by atoms with Crippen LogP contribution in [-0.2, 0) is 9.47 Å². The molecule has 0 aromatic carbocycles. The summed E-state index contributed by atoms with van der Waals surface area (Å²) in [5.74, 6) is 1.16. The van der Waals surface area contributed by atoms with Crippen molar-refractivity contribution in [3.63, 3.8) is 0 Å². The molecule has 0 amide bonds. The average molecular weight is 351 g/mol. The summed E-state index contributed by atoms with van der Waals surface area (Å²) in [4.78, 5) is 0. The SMILES string of the molecule is CCC(O)CO.CCC(O)COC(C)C(C)(C)OCC(C)C(C)C. The summed E-state index contributed by atoms with van der Waals surface area (Å²) in [5.41, 5.74) is -0.323. The molecular formula is C19H42O5. The van der Waals surface area contributed by atoms with E-state index >= 15 is 0 Å². The lowest BCUT2D eigenvalue weighted by atomic mass is 9.98. The fourth-order valence-corrected chi connectivity index (χ4v) is 1.36. The minimum atomic E-state index is -0.509. The topological polar surface area (TPSA) is 79.2 Å². The van der Waals surface area contributed by atoms with Crippen molar-refractivity contribution in [3.05, 3.63) is 0 Å². The van der Waals surface area contributed by atoms with E-state index in [4.69, 9.17) is 19.7 Å². The Morgan fingerprint density at radius 3 is 1.71 bits per heavy atom. The first-order valence-corrected chi connectivity index (χ1v) is 9.24. The van der Waals surface area contributed by atoms with Gasteiger partial charge in [-0.3, -0.25) is 0 Å². The molecule has 148 valence electrons. The van der Waals surface area contributed by atoms with E-state index in [2.05, 4.69) is 20.8 Å². The van der Waals surface area contributed by atoms with Gasteiger partial charge in [-0.15, -0.1) is 0 Å². The Labute approximate surface area is 149 Å². The summed E-state index contributed by atoms with van der Waals surface area (Å²) < 4.78 is 11.7. The van der Waals surface area contributed by atoms with Gasteiger partial charge in [-0.2, -0.15) is 0 Å². The molecule has 0 saturated carbocycles. The molecule has 3 N–H and O–H groups in total. The van der Waals surface area contributed by atoms with Gasteiger partial charge in [0.25, 0.3) is 0 Å². The van der Waals surface area contributed by atoms with E-state index in [1.54, 1.807) is 0 Å². The van der Waals surface area contributed by atoms with E-state index < -0.39 is 6.10 Å². The molecule has 4 atom stereocenters. The Morgan fingerprint density at radius 1 is 0.875 bits per heavy atom. The standard InChI is InChI=1S/C15H32O3.C4H10O2/c1-8-14(16)10-17-13(5)15(6,7)18-9-12(4)11(2)3;1-2-4(6)3-5/h11-14,16H,8-10H2,1-7H3;4-6H,2-3H2,1H3. The molecule has 0 fully saturated rings. The van der Waals surface area contributed by atoms with Gasteiger partial charge >= 0.3 is 0 Å². The Bertz CT molecular complexity index is 277. The summed E-state index contributed by atoms with van der Waals surface area (Å²) in [6.07, 6.45) is 0.440. The van der Waals surface area contributed by atoms with Crippen molar-refractivity contribution < 1.29 is 24.8 Å². The van der Waals surface area contributed by atoms with Crippen molar-refractivity contribution in [1.29, 1.82) is 0 Å². The van der Waals surface area contributed by atoms with Gasteiger partial charge in [-0.05, 0) is 45.4 Å². The zero-order valence-electron chi connectivity index (χ0n) is 17.1. The van der Waals surface area contributed by atoms with Gasteiger partial charge < -0.3 is 24.8 Å². The van der Waals surface area contributed by atoms with E-state index in [1.807, 2.05) is 34.6 Å². The van der Waals surface area contributed by atoms with Crippen LogP contribution < -0.4 is 0 Å². The second-order valence-electron chi connectivity index (χ2n) is 7.42. The third kappa shape index (κ3) is 13.1. The van der Waals surface area contributed by atoms with Gasteiger partial charge in [0.2, 0.25) is 0 Å². The lowest BCUT2D eigenvalue weighted by Gasteiger charge is -2.34. The molecule has 0 heterocycles. The van der Waals surface area contributed by atoms with E-state index in [0.29, 0.717) is 24.9 Å². The van der Waals surface area contributed by atoms with Gasteiger partial charge in [0.1, 0.15) is 0 Å². The average Bonchev–Trinajstić information content (AvgIpc) is 2.56. The summed E-state index contributed by atoms with van der Waals surface area (Å²) in [5, 5.41) is 26.0. The maximum Gasteiger partial charge on any atom is 0.0884 e. The van der Waals surface area contributed by atoms with Crippen LogP contribution in [0.4, 0.5) is 0 Å². The Morgan fingerprint density at radius 2 is 1.38 bits per heavy atom. The number of rotatable bonds is 11. The van der Waals surface area contributed by atoms with Gasteiger partial charge in [0.05, 0.1) is 43.7 Å². The minimum Gasteiger partial charge on any atom is -0.394 e. The Balaban J connectivity index is 0. The van der Waals surface area contributed by atoms with E-state index in [1.165, 1.54) is 0 Å². The van der Waals surface area contributed by atoms with E-state index in [0.717, 1.165) is 13.0 Å². The highest BCUT2D eigenvalue weighted by atomic mass is 16.6. The Kier molecular flexibility index (Phi) is 15.2. The van der Waals surface area contributed by atoms with Crippen molar-refractivity contribution in [2.45, 2.75) is 92.1 Å². The highest BCUT2D eigenvalue weighted by Gasteiger charge is 2.28. The van der Waals surface area contributed by atoms with Crippen LogP contribution in [0.3, 0.4) is 0 Å². The maximum absolute atomic E-state index is 9.50. The van der Waals surface area contributed by atoms with Crippen LogP contribution in [0.5, 0.6) is 0 Å². The molecule has 5 nitrogen and oxygen atoms in total. The van der Waals surface area contributed by atoms with Gasteiger partial charge in [-0.25, -0.2) is 0 Å². The number of hydrogen-bond donors (Lipinski definition) is 3. The van der Waals surface area contributed by atoms with Crippen molar-refractivity contribution in [3.8, 4) is 0 Å². The predicted octanol–water partition coefficient (Wildman–Crippen LogP) is 3.00. The van der Waals surface area contributed by atoms with Crippen LogP contribution >= 0.6 is 0 Å². The highest BCUT2D eigenvalue weighted by Crippen LogP contribution is 2.21. The molecule has 0 aromatic heterocycles. The fraction of sp³-hybridized carbons (Fsp3) is 1.00. The number of aliphatic hydroxyl groups is 3. The number of aliphatic hydroxyl groups excluding tert-OH is 3. The molecule has 0 aliphatic rings. The van der Waals surface area contributed by atoms with Crippen LogP contribution in [0.1, 0.15) is 68.2 Å². The van der Waals surface area contributed by atoms with Crippen molar-refractivity contribution in [1.82, 2.24) is 0 Å². The quantitative estimate of drug-likeness (QED) is 0.534. The van der Waals surface area contributed by atoms with E-state index in [9.17, 15) is 5.11 Å². The summed E-state index contributed by atoms with van der Waals surface area (Å²) in [6.45, 7) is 17.5. The largest absolute Gasteiger partial charge is 0.394 e. The molecule has 0 saturated heterocycles. The summed E-state index contributed by atoms with van der Waals surface area (Å²) in [6, 6.07) is 0. The summed E-state index contributed by atoms with van der Waals surface area (Å²) in [7, 11) is 0. The molecular weight excluding hydrogens is 308 g/mol. The van der Waals surface area contributed by atoms with Gasteiger partial charge in [0.15, 0.2) is 0 Å². The first kappa shape index (κ1) is 26.0. The van der Waals surface area contributed by atoms with Crippen molar-refractivity contribution in [2.75, 3.05) is 19.8 Å². The van der Waals surface area contributed by atoms with E-state index in [-0.39, 0.29) is 24.4 Å². The maximum atomic E-state index is 9.50. The number of hydrogen-bond acceptors (Lipinski definition) is 5. The molecule has 24 heavy (non-hydrogen) atoms. The first-order valence-electron chi connectivity index (χ1n) is 9.24. The normalized spacial score (nSPS) is 17.0. The molecule has 0 aliphatic heterocycles. The van der Waals surface area contributed by atoms with Gasteiger partial charge in [-0.1, -0.05) is 34.6 Å². The highest BCUT2D eigenvalue weighted by molar-refractivity contribution is 4.78.